The highest BCUT2D eigenvalue weighted by Gasteiger charge is 2.14. The van der Waals surface area contributed by atoms with Crippen molar-refractivity contribution in [1.29, 1.82) is 0 Å². The number of aliphatic imine (C=N–C) groups is 1. The summed E-state index contributed by atoms with van der Waals surface area (Å²) in [5.41, 5.74) is 0. The van der Waals surface area contributed by atoms with Gasteiger partial charge in [-0.2, -0.15) is 0 Å². The third kappa shape index (κ3) is 2.99. The van der Waals surface area contributed by atoms with Crippen molar-refractivity contribution < 1.29 is 14.3 Å². The number of rotatable bonds is 1. The molecule has 1 aliphatic rings. The summed E-state index contributed by atoms with van der Waals surface area (Å²) < 4.78 is 9.79. The molecule has 0 atom stereocenters. The Morgan fingerprint density at radius 2 is 2.07 bits per heavy atom. The number of nitrogens with zero attached hydrogens (tertiary/aromatic N) is 1. The maximum atomic E-state index is 11.2. The summed E-state index contributed by atoms with van der Waals surface area (Å²) in [7, 11) is 0. The molecule has 0 fully saturated rings. The fraction of sp³-hybridized carbons (Fsp3) is 0.200. The lowest BCUT2D eigenvalue weighted by atomic mass is 10.3. The number of hydrogen-bond acceptors (Lipinski definition) is 5. The van der Waals surface area contributed by atoms with Gasteiger partial charge in [-0.05, 0) is 12.1 Å². The Balaban J connectivity index is 1.87. The maximum absolute atomic E-state index is 11.2. The van der Waals surface area contributed by atoms with E-state index in [2.05, 4.69) is 4.99 Å². The van der Waals surface area contributed by atoms with Crippen molar-refractivity contribution in [2.24, 2.45) is 4.99 Å². The third-order valence-electron chi connectivity index (χ3n) is 1.67. The van der Waals surface area contributed by atoms with Crippen LogP contribution in [-0.4, -0.2) is 23.7 Å². The van der Waals surface area contributed by atoms with Crippen molar-refractivity contribution in [3.8, 4) is 5.75 Å². The molecule has 0 aliphatic carbocycles. The molecule has 4 nitrogen and oxygen atoms in total. The molecule has 1 aromatic rings. The van der Waals surface area contributed by atoms with Crippen LogP contribution in [0.5, 0.6) is 5.75 Å². The topological polar surface area (TPSA) is 47.9 Å². The molecule has 78 valence electrons. The van der Waals surface area contributed by atoms with E-state index in [-0.39, 0.29) is 0 Å². The highest BCUT2D eigenvalue weighted by molar-refractivity contribution is 8.13. The van der Waals surface area contributed by atoms with Gasteiger partial charge in [0, 0.05) is 5.75 Å². The molecule has 0 saturated heterocycles. The van der Waals surface area contributed by atoms with Crippen LogP contribution in [0.25, 0.3) is 0 Å². The van der Waals surface area contributed by atoms with Crippen LogP contribution < -0.4 is 4.74 Å². The van der Waals surface area contributed by atoms with Crippen LogP contribution in [0.3, 0.4) is 0 Å². The maximum Gasteiger partial charge on any atom is 0.521 e. The van der Waals surface area contributed by atoms with Gasteiger partial charge in [0.05, 0.1) is 6.54 Å². The minimum atomic E-state index is -0.741. The normalized spacial score (nSPS) is 14.5. The second kappa shape index (κ2) is 4.84. The Kier molecular flexibility index (Phi) is 3.24. The Bertz CT molecular complexity index is 378. The van der Waals surface area contributed by atoms with Crippen LogP contribution >= 0.6 is 11.8 Å². The first-order valence-electron chi connectivity index (χ1n) is 4.46. The fourth-order valence-electron chi connectivity index (χ4n) is 1.05. The lowest BCUT2D eigenvalue weighted by molar-refractivity contribution is 0.150. The first-order chi connectivity index (χ1) is 7.34. The molecule has 1 aliphatic heterocycles. The molecule has 0 bridgehead atoms. The standard InChI is InChI=1S/C10H9NO3S/c12-10(14-9-11-6-7-15-9)13-8-4-2-1-3-5-8/h1-5H,6-7H2. The fourth-order valence-corrected chi connectivity index (χ4v) is 1.72. The molecule has 0 saturated carbocycles. The summed E-state index contributed by atoms with van der Waals surface area (Å²) in [6, 6.07) is 8.78. The second-order valence-corrected chi connectivity index (χ2v) is 3.81. The first-order valence-corrected chi connectivity index (χ1v) is 5.45. The van der Waals surface area contributed by atoms with E-state index >= 15 is 0 Å². The smallest absolute Gasteiger partial charge is 0.395 e. The molecule has 0 N–H and O–H groups in total. The summed E-state index contributed by atoms with van der Waals surface area (Å²) in [5, 5.41) is 0.385. The van der Waals surface area contributed by atoms with Gasteiger partial charge < -0.3 is 9.47 Å². The van der Waals surface area contributed by atoms with Crippen molar-refractivity contribution in [3.63, 3.8) is 0 Å². The molecule has 0 unspecified atom stereocenters. The van der Waals surface area contributed by atoms with Gasteiger partial charge in [0.25, 0.3) is 5.23 Å². The molecule has 2 rings (SSSR count). The molecular formula is C10H9NO3S. The molecular weight excluding hydrogens is 214 g/mol. The van der Waals surface area contributed by atoms with Gasteiger partial charge in [-0.25, -0.2) is 9.79 Å². The van der Waals surface area contributed by atoms with E-state index in [9.17, 15) is 4.79 Å². The zero-order chi connectivity index (χ0) is 10.5. The molecule has 0 aromatic heterocycles. The molecule has 0 amide bonds. The van der Waals surface area contributed by atoms with E-state index in [4.69, 9.17) is 9.47 Å². The SMILES string of the molecule is O=C(OC1=NCCS1)Oc1ccccc1. The Labute approximate surface area is 91.3 Å². The number of thioether (sulfide) groups is 1. The van der Waals surface area contributed by atoms with Crippen molar-refractivity contribution >= 4 is 23.1 Å². The van der Waals surface area contributed by atoms with Gasteiger partial charge in [0.1, 0.15) is 5.75 Å². The van der Waals surface area contributed by atoms with Crippen molar-refractivity contribution in [2.75, 3.05) is 12.3 Å². The number of ether oxygens (including phenoxy) is 2. The summed E-state index contributed by atoms with van der Waals surface area (Å²) >= 11 is 1.41. The van der Waals surface area contributed by atoms with Crippen LogP contribution in [0, 0.1) is 0 Å². The summed E-state index contributed by atoms with van der Waals surface area (Å²) in [6.07, 6.45) is -0.741. The average molecular weight is 223 g/mol. The molecule has 1 aromatic carbocycles. The van der Waals surface area contributed by atoms with E-state index in [1.807, 2.05) is 6.07 Å². The number of carbonyl (C=O) groups excluding carboxylic acids is 1. The van der Waals surface area contributed by atoms with Gasteiger partial charge in [-0.15, -0.1) is 0 Å². The monoisotopic (exact) mass is 223 g/mol. The number of benzene rings is 1. The molecule has 0 spiro atoms. The lowest BCUT2D eigenvalue weighted by Crippen LogP contribution is -2.13. The van der Waals surface area contributed by atoms with E-state index < -0.39 is 6.16 Å². The Hall–Kier alpha value is -1.49. The van der Waals surface area contributed by atoms with Gasteiger partial charge >= 0.3 is 6.16 Å². The molecule has 5 heteroatoms. The highest BCUT2D eigenvalue weighted by Crippen LogP contribution is 2.14. The van der Waals surface area contributed by atoms with Crippen molar-refractivity contribution in [3.05, 3.63) is 30.3 Å². The predicted octanol–water partition coefficient (Wildman–Crippen LogP) is 2.30. The minimum Gasteiger partial charge on any atom is -0.395 e. The van der Waals surface area contributed by atoms with E-state index in [0.29, 0.717) is 17.5 Å². The van der Waals surface area contributed by atoms with E-state index in [1.165, 1.54) is 11.8 Å². The lowest BCUT2D eigenvalue weighted by Gasteiger charge is -2.03. The largest absolute Gasteiger partial charge is 0.521 e. The third-order valence-corrected chi connectivity index (χ3v) is 2.52. The van der Waals surface area contributed by atoms with Gasteiger partial charge in [-0.3, -0.25) is 0 Å². The van der Waals surface area contributed by atoms with Crippen LogP contribution in [-0.2, 0) is 4.74 Å². The average Bonchev–Trinajstić information content (AvgIpc) is 2.71. The van der Waals surface area contributed by atoms with Gasteiger partial charge in [0.2, 0.25) is 0 Å². The van der Waals surface area contributed by atoms with Crippen LogP contribution in [0.1, 0.15) is 0 Å². The molecule has 15 heavy (non-hydrogen) atoms. The van der Waals surface area contributed by atoms with Crippen LogP contribution in [0.15, 0.2) is 35.3 Å². The number of hydrogen-bond donors (Lipinski definition) is 0. The summed E-state index contributed by atoms with van der Waals surface area (Å²) in [6.45, 7) is 0.693. The van der Waals surface area contributed by atoms with Crippen molar-refractivity contribution in [1.82, 2.24) is 0 Å². The van der Waals surface area contributed by atoms with Gasteiger partial charge in [-0.1, -0.05) is 30.0 Å². The van der Waals surface area contributed by atoms with E-state index in [0.717, 1.165) is 5.75 Å². The number of carbonyl (C=O) groups is 1. The molecule has 0 radical (unpaired) electrons. The Morgan fingerprint density at radius 3 is 2.73 bits per heavy atom. The zero-order valence-electron chi connectivity index (χ0n) is 7.88. The highest BCUT2D eigenvalue weighted by atomic mass is 32.2. The quantitative estimate of drug-likeness (QED) is 0.541. The second-order valence-electron chi connectivity index (χ2n) is 2.76. The number of para-hydroxylation sites is 1. The summed E-state index contributed by atoms with van der Waals surface area (Å²) in [4.78, 5) is 15.2. The predicted molar refractivity (Wildman–Crippen MR) is 58.3 cm³/mol. The molecule has 1 heterocycles. The minimum absolute atomic E-state index is 0.385. The van der Waals surface area contributed by atoms with Crippen LogP contribution in [0.4, 0.5) is 4.79 Å². The zero-order valence-corrected chi connectivity index (χ0v) is 8.70. The van der Waals surface area contributed by atoms with E-state index in [1.54, 1.807) is 24.3 Å². The Morgan fingerprint density at radius 1 is 1.27 bits per heavy atom. The van der Waals surface area contributed by atoms with Crippen molar-refractivity contribution in [2.45, 2.75) is 0 Å². The summed E-state index contributed by atoms with van der Waals surface area (Å²) in [5.74, 6) is 1.32. The van der Waals surface area contributed by atoms with Crippen LogP contribution in [0.2, 0.25) is 0 Å². The first kappa shape index (κ1) is 10.0. The van der Waals surface area contributed by atoms with Gasteiger partial charge in [0.15, 0.2) is 0 Å².